The standard InChI is InChI=1S/C10H14F3NO3/c11-10(12,13)9(17)14-5-6-3-1-2-4-7(6)8(15)16/h6-7H,1-5H2,(H,14,17)(H,15,16)/t6-,7-/m0/s1. The molecule has 0 heterocycles. The van der Waals surface area contributed by atoms with Crippen molar-refractivity contribution in [2.24, 2.45) is 11.8 Å². The summed E-state index contributed by atoms with van der Waals surface area (Å²) in [5.41, 5.74) is 0. The maximum Gasteiger partial charge on any atom is 0.471 e. The van der Waals surface area contributed by atoms with Crippen LogP contribution in [0.2, 0.25) is 0 Å². The van der Waals surface area contributed by atoms with E-state index in [1.165, 1.54) is 0 Å². The van der Waals surface area contributed by atoms with E-state index in [0.29, 0.717) is 12.8 Å². The van der Waals surface area contributed by atoms with Crippen molar-refractivity contribution < 1.29 is 27.9 Å². The Morgan fingerprint density at radius 1 is 1.24 bits per heavy atom. The van der Waals surface area contributed by atoms with E-state index in [4.69, 9.17) is 5.11 Å². The number of nitrogens with one attached hydrogen (secondary N) is 1. The minimum atomic E-state index is -4.91. The summed E-state index contributed by atoms with van der Waals surface area (Å²) in [6.07, 6.45) is -2.36. The highest BCUT2D eigenvalue weighted by Crippen LogP contribution is 2.30. The molecule has 2 N–H and O–H groups in total. The Hall–Kier alpha value is -1.27. The fourth-order valence-electron chi connectivity index (χ4n) is 2.10. The van der Waals surface area contributed by atoms with Gasteiger partial charge in [-0.15, -0.1) is 0 Å². The first-order chi connectivity index (χ1) is 7.82. The molecule has 1 aliphatic carbocycles. The van der Waals surface area contributed by atoms with Crippen LogP contribution in [0.3, 0.4) is 0 Å². The number of amides is 1. The van der Waals surface area contributed by atoms with Crippen molar-refractivity contribution in [3.63, 3.8) is 0 Å². The molecule has 1 rings (SSSR count). The molecular formula is C10H14F3NO3. The Morgan fingerprint density at radius 3 is 2.35 bits per heavy atom. The molecule has 1 fully saturated rings. The fraction of sp³-hybridized carbons (Fsp3) is 0.800. The van der Waals surface area contributed by atoms with Crippen LogP contribution in [0.4, 0.5) is 13.2 Å². The van der Waals surface area contributed by atoms with Gasteiger partial charge in [0.1, 0.15) is 0 Å². The quantitative estimate of drug-likeness (QED) is 0.802. The second-order valence-electron chi connectivity index (χ2n) is 4.20. The van der Waals surface area contributed by atoms with Gasteiger partial charge in [-0.25, -0.2) is 0 Å². The van der Waals surface area contributed by atoms with Gasteiger partial charge in [0.15, 0.2) is 0 Å². The van der Waals surface area contributed by atoms with Gasteiger partial charge in [-0.1, -0.05) is 12.8 Å². The summed E-state index contributed by atoms with van der Waals surface area (Å²) >= 11 is 0. The number of halogens is 3. The smallest absolute Gasteiger partial charge is 0.471 e. The van der Waals surface area contributed by atoms with E-state index in [1.807, 2.05) is 0 Å². The lowest BCUT2D eigenvalue weighted by atomic mass is 9.79. The van der Waals surface area contributed by atoms with Crippen molar-refractivity contribution in [2.75, 3.05) is 6.54 Å². The van der Waals surface area contributed by atoms with Gasteiger partial charge in [0, 0.05) is 6.54 Å². The molecule has 0 unspecified atom stereocenters. The molecule has 0 bridgehead atoms. The van der Waals surface area contributed by atoms with Gasteiger partial charge >= 0.3 is 18.1 Å². The van der Waals surface area contributed by atoms with Crippen molar-refractivity contribution in [3.05, 3.63) is 0 Å². The van der Waals surface area contributed by atoms with Gasteiger partial charge in [0.25, 0.3) is 0 Å². The molecule has 7 heteroatoms. The molecule has 0 spiro atoms. The molecule has 1 saturated carbocycles. The summed E-state index contributed by atoms with van der Waals surface area (Å²) in [6, 6.07) is 0. The van der Waals surface area contributed by atoms with E-state index in [2.05, 4.69) is 0 Å². The molecule has 0 saturated heterocycles. The van der Waals surface area contributed by atoms with E-state index in [-0.39, 0.29) is 6.54 Å². The third-order valence-electron chi connectivity index (χ3n) is 3.01. The van der Waals surface area contributed by atoms with Gasteiger partial charge in [-0.05, 0) is 18.8 Å². The number of hydrogen-bond donors (Lipinski definition) is 2. The highest BCUT2D eigenvalue weighted by atomic mass is 19.4. The topological polar surface area (TPSA) is 66.4 Å². The molecule has 98 valence electrons. The lowest BCUT2D eigenvalue weighted by molar-refractivity contribution is -0.174. The van der Waals surface area contributed by atoms with Gasteiger partial charge < -0.3 is 10.4 Å². The zero-order chi connectivity index (χ0) is 13.1. The zero-order valence-corrected chi connectivity index (χ0v) is 9.09. The Balaban J connectivity index is 2.49. The molecule has 0 radical (unpaired) electrons. The van der Waals surface area contributed by atoms with Crippen LogP contribution >= 0.6 is 0 Å². The first kappa shape index (κ1) is 13.8. The van der Waals surface area contributed by atoms with Crippen molar-refractivity contribution >= 4 is 11.9 Å². The predicted molar refractivity (Wildman–Crippen MR) is 52.1 cm³/mol. The second-order valence-corrected chi connectivity index (χ2v) is 4.20. The Labute approximate surface area is 96.2 Å². The molecule has 0 aromatic carbocycles. The number of carboxylic acids is 1. The summed E-state index contributed by atoms with van der Waals surface area (Å²) in [6.45, 7) is -0.227. The van der Waals surface area contributed by atoms with Crippen LogP contribution in [0.5, 0.6) is 0 Å². The van der Waals surface area contributed by atoms with Gasteiger partial charge in [-0.3, -0.25) is 9.59 Å². The van der Waals surface area contributed by atoms with Crippen LogP contribution in [0.25, 0.3) is 0 Å². The lowest BCUT2D eigenvalue weighted by Crippen LogP contribution is -2.42. The minimum absolute atomic E-state index is 0.227. The van der Waals surface area contributed by atoms with Crippen molar-refractivity contribution in [1.29, 1.82) is 0 Å². The SMILES string of the molecule is O=C(O)[C@H]1CCCC[C@H]1CNC(=O)C(F)(F)F. The first-order valence-corrected chi connectivity index (χ1v) is 5.40. The van der Waals surface area contributed by atoms with Crippen molar-refractivity contribution in [1.82, 2.24) is 5.32 Å². The number of rotatable bonds is 3. The molecular weight excluding hydrogens is 239 g/mol. The average Bonchev–Trinajstić information content (AvgIpc) is 2.24. The van der Waals surface area contributed by atoms with Crippen LogP contribution in [0.15, 0.2) is 0 Å². The molecule has 0 aromatic rings. The lowest BCUT2D eigenvalue weighted by Gasteiger charge is -2.28. The third-order valence-corrected chi connectivity index (χ3v) is 3.01. The summed E-state index contributed by atoms with van der Waals surface area (Å²) in [5.74, 6) is -4.08. The van der Waals surface area contributed by atoms with Crippen molar-refractivity contribution in [3.8, 4) is 0 Å². The largest absolute Gasteiger partial charge is 0.481 e. The summed E-state index contributed by atoms with van der Waals surface area (Å²) < 4.78 is 35.8. The molecule has 1 amide bonds. The summed E-state index contributed by atoms with van der Waals surface area (Å²) in [5, 5.41) is 10.6. The number of alkyl halides is 3. The van der Waals surface area contributed by atoms with Crippen LogP contribution in [0.1, 0.15) is 25.7 Å². The van der Waals surface area contributed by atoms with E-state index < -0.39 is 29.9 Å². The Kier molecular flexibility index (Phi) is 4.36. The first-order valence-electron chi connectivity index (χ1n) is 5.40. The zero-order valence-electron chi connectivity index (χ0n) is 9.09. The Morgan fingerprint density at radius 2 is 1.82 bits per heavy atom. The number of hydrogen-bond acceptors (Lipinski definition) is 2. The average molecular weight is 253 g/mol. The maximum atomic E-state index is 11.9. The molecule has 1 aliphatic rings. The highest BCUT2D eigenvalue weighted by molar-refractivity contribution is 5.81. The molecule has 4 nitrogen and oxygen atoms in total. The van der Waals surface area contributed by atoms with Gasteiger partial charge in [0.2, 0.25) is 0 Å². The molecule has 17 heavy (non-hydrogen) atoms. The number of carbonyl (C=O) groups is 2. The van der Waals surface area contributed by atoms with Crippen LogP contribution in [-0.4, -0.2) is 29.7 Å². The number of carbonyl (C=O) groups excluding carboxylic acids is 1. The third kappa shape index (κ3) is 3.90. The molecule has 2 atom stereocenters. The van der Waals surface area contributed by atoms with E-state index in [0.717, 1.165) is 12.8 Å². The van der Waals surface area contributed by atoms with Crippen molar-refractivity contribution in [2.45, 2.75) is 31.9 Å². The van der Waals surface area contributed by atoms with Crippen LogP contribution in [0, 0.1) is 11.8 Å². The van der Waals surface area contributed by atoms with Crippen LogP contribution in [-0.2, 0) is 9.59 Å². The summed E-state index contributed by atoms with van der Waals surface area (Å²) in [4.78, 5) is 21.5. The van der Waals surface area contributed by atoms with E-state index in [1.54, 1.807) is 5.32 Å². The highest BCUT2D eigenvalue weighted by Gasteiger charge is 2.39. The summed E-state index contributed by atoms with van der Waals surface area (Å²) in [7, 11) is 0. The van der Waals surface area contributed by atoms with Gasteiger partial charge in [-0.2, -0.15) is 13.2 Å². The maximum absolute atomic E-state index is 11.9. The minimum Gasteiger partial charge on any atom is -0.481 e. The predicted octanol–water partition coefficient (Wildman–Crippen LogP) is 1.56. The molecule has 0 aliphatic heterocycles. The van der Waals surface area contributed by atoms with Gasteiger partial charge in [0.05, 0.1) is 5.92 Å². The molecule has 0 aromatic heterocycles. The number of carboxylic acid groups (broad SMARTS) is 1. The van der Waals surface area contributed by atoms with E-state index in [9.17, 15) is 22.8 Å². The van der Waals surface area contributed by atoms with E-state index >= 15 is 0 Å². The monoisotopic (exact) mass is 253 g/mol. The fourth-order valence-corrected chi connectivity index (χ4v) is 2.10. The van der Waals surface area contributed by atoms with Crippen LogP contribution < -0.4 is 5.32 Å². The Bertz CT molecular complexity index is 304. The number of aliphatic carboxylic acids is 1. The second kappa shape index (κ2) is 5.37. The normalized spacial score (nSPS) is 25.4.